The molecule has 0 fully saturated rings. The first kappa shape index (κ1) is 27.1. The molecule has 3 rings (SSSR count). The molecule has 0 spiro atoms. The molecular weight excluding hydrogens is 492 g/mol. The number of carbonyl (C=O) groups excluding carboxylic acids is 2. The van der Waals surface area contributed by atoms with E-state index in [0.717, 1.165) is 0 Å². The van der Waals surface area contributed by atoms with Crippen LogP contribution in [0.4, 0.5) is 26.3 Å². The number of alkyl halides is 6. The van der Waals surface area contributed by atoms with Gasteiger partial charge < -0.3 is 14.8 Å². The summed E-state index contributed by atoms with van der Waals surface area (Å²) in [5.74, 6) is -2.42. The summed E-state index contributed by atoms with van der Waals surface area (Å²) in [6.07, 6.45) is -6.83. The lowest BCUT2D eigenvalue weighted by Gasteiger charge is -2.23. The van der Waals surface area contributed by atoms with Gasteiger partial charge in [-0.05, 0) is 55.2 Å². The molecule has 0 aromatic heterocycles. The monoisotopic (exact) mass is 515 g/mol. The van der Waals surface area contributed by atoms with E-state index in [0.29, 0.717) is 23.4 Å². The van der Waals surface area contributed by atoms with Crippen molar-refractivity contribution in [1.29, 1.82) is 0 Å². The molecule has 0 heterocycles. The van der Waals surface area contributed by atoms with Crippen LogP contribution in [0.3, 0.4) is 0 Å². The lowest BCUT2D eigenvalue weighted by Crippen LogP contribution is -2.35. The smallest absolute Gasteiger partial charge is 0.417 e. The molecule has 2 aromatic carbocycles. The van der Waals surface area contributed by atoms with Crippen LogP contribution in [-0.4, -0.2) is 31.6 Å². The van der Waals surface area contributed by atoms with E-state index in [-0.39, 0.29) is 19.1 Å². The van der Waals surface area contributed by atoms with Crippen molar-refractivity contribution in [2.24, 2.45) is 5.92 Å². The summed E-state index contributed by atoms with van der Waals surface area (Å²) in [4.78, 5) is 25.4. The van der Waals surface area contributed by atoms with E-state index in [9.17, 15) is 35.9 Å². The Kier molecular flexibility index (Phi) is 8.00. The molecule has 0 aliphatic heterocycles. The topological polar surface area (TPSA) is 64.6 Å². The Morgan fingerprint density at radius 3 is 2.36 bits per heavy atom. The highest BCUT2D eigenvalue weighted by molar-refractivity contribution is 5.96. The quantitative estimate of drug-likeness (QED) is 0.290. The molecule has 2 aromatic rings. The number of hydrogen-bond acceptors (Lipinski definition) is 4. The molecule has 5 nitrogen and oxygen atoms in total. The first-order valence-corrected chi connectivity index (χ1v) is 10.9. The van der Waals surface area contributed by atoms with Gasteiger partial charge in [-0.3, -0.25) is 9.59 Å². The van der Waals surface area contributed by atoms with Crippen LogP contribution in [0.25, 0.3) is 0 Å². The Balaban J connectivity index is 1.82. The second-order valence-corrected chi connectivity index (χ2v) is 8.13. The molecule has 11 heteroatoms. The number of hydrogen-bond donors (Lipinski definition) is 1. The van der Waals surface area contributed by atoms with Crippen molar-refractivity contribution >= 4 is 11.9 Å². The minimum atomic E-state index is -5.18. The van der Waals surface area contributed by atoms with Crippen molar-refractivity contribution in [1.82, 2.24) is 5.32 Å². The SMILES string of the molecule is CCOC(=O)[C@H](c1cccc(OC)c1)[C@H]1C=C[C@@H](NC(=O)c2ccc(C(F)(F)F)cc2C(F)(F)F)C1. The number of rotatable bonds is 7. The van der Waals surface area contributed by atoms with E-state index in [1.54, 1.807) is 37.3 Å². The van der Waals surface area contributed by atoms with Crippen LogP contribution < -0.4 is 10.1 Å². The summed E-state index contributed by atoms with van der Waals surface area (Å²) < 4.78 is 89.5. The van der Waals surface area contributed by atoms with Gasteiger partial charge in [-0.2, -0.15) is 26.3 Å². The molecule has 0 bridgehead atoms. The maximum Gasteiger partial charge on any atom is 0.417 e. The van der Waals surface area contributed by atoms with Gasteiger partial charge in [0.05, 0.1) is 36.3 Å². The van der Waals surface area contributed by atoms with Gasteiger partial charge >= 0.3 is 18.3 Å². The third kappa shape index (κ3) is 6.19. The van der Waals surface area contributed by atoms with Gasteiger partial charge in [-0.25, -0.2) is 0 Å². The minimum absolute atomic E-state index is 0.0816. The van der Waals surface area contributed by atoms with Crippen molar-refractivity contribution in [2.45, 2.75) is 37.7 Å². The zero-order chi connectivity index (χ0) is 26.7. The van der Waals surface area contributed by atoms with E-state index >= 15 is 0 Å². The van der Waals surface area contributed by atoms with E-state index in [4.69, 9.17) is 9.47 Å². The predicted molar refractivity (Wildman–Crippen MR) is 117 cm³/mol. The van der Waals surface area contributed by atoms with Crippen LogP contribution in [0.15, 0.2) is 54.6 Å². The molecule has 0 radical (unpaired) electrons. The predicted octanol–water partition coefficient (Wildman–Crippen LogP) is 5.75. The van der Waals surface area contributed by atoms with Gasteiger partial charge in [-0.1, -0.05) is 24.3 Å². The largest absolute Gasteiger partial charge is 0.497 e. The van der Waals surface area contributed by atoms with E-state index in [2.05, 4.69) is 5.32 Å². The number of allylic oxidation sites excluding steroid dienone is 1. The number of esters is 1. The molecule has 1 N–H and O–H groups in total. The highest BCUT2D eigenvalue weighted by Crippen LogP contribution is 2.38. The molecule has 0 unspecified atom stereocenters. The van der Waals surface area contributed by atoms with Crippen LogP contribution in [0.2, 0.25) is 0 Å². The van der Waals surface area contributed by atoms with Crippen molar-refractivity contribution in [2.75, 3.05) is 13.7 Å². The van der Waals surface area contributed by atoms with Crippen LogP contribution in [-0.2, 0) is 21.9 Å². The van der Waals surface area contributed by atoms with Crippen molar-refractivity contribution < 1.29 is 45.4 Å². The van der Waals surface area contributed by atoms with Gasteiger partial charge in [0, 0.05) is 6.04 Å². The summed E-state index contributed by atoms with van der Waals surface area (Å²) >= 11 is 0. The molecule has 1 amide bonds. The molecule has 1 aliphatic rings. The average Bonchev–Trinajstić information content (AvgIpc) is 3.25. The number of halogens is 6. The zero-order valence-corrected chi connectivity index (χ0v) is 19.2. The Bertz CT molecular complexity index is 1140. The molecule has 0 saturated carbocycles. The zero-order valence-electron chi connectivity index (χ0n) is 19.2. The normalized spacial score (nSPS) is 18.6. The lowest BCUT2D eigenvalue weighted by molar-refractivity contribution is -0.146. The fourth-order valence-electron chi connectivity index (χ4n) is 4.11. The summed E-state index contributed by atoms with van der Waals surface area (Å²) in [6.45, 7) is 1.78. The van der Waals surface area contributed by atoms with Crippen LogP contribution in [0, 0.1) is 5.92 Å². The Hall–Kier alpha value is -3.50. The van der Waals surface area contributed by atoms with Crippen LogP contribution in [0.1, 0.15) is 46.3 Å². The second kappa shape index (κ2) is 10.6. The number of carbonyl (C=O) groups is 2. The molecule has 3 atom stereocenters. The van der Waals surface area contributed by atoms with Gasteiger partial charge in [0.15, 0.2) is 0 Å². The van der Waals surface area contributed by atoms with Crippen molar-refractivity contribution in [3.63, 3.8) is 0 Å². The number of amides is 1. The molecule has 194 valence electrons. The van der Waals surface area contributed by atoms with Crippen molar-refractivity contribution in [3.8, 4) is 5.75 Å². The van der Waals surface area contributed by atoms with Gasteiger partial charge in [0.2, 0.25) is 0 Å². The Labute approximate surface area is 203 Å². The third-order valence-corrected chi connectivity index (χ3v) is 5.75. The summed E-state index contributed by atoms with van der Waals surface area (Å²) in [5, 5.41) is 2.41. The third-order valence-electron chi connectivity index (χ3n) is 5.75. The van der Waals surface area contributed by atoms with E-state index in [1.807, 2.05) is 0 Å². The van der Waals surface area contributed by atoms with Crippen LogP contribution >= 0.6 is 0 Å². The van der Waals surface area contributed by atoms with Gasteiger partial charge in [-0.15, -0.1) is 0 Å². The van der Waals surface area contributed by atoms with Crippen molar-refractivity contribution in [3.05, 3.63) is 76.9 Å². The fourth-order valence-corrected chi connectivity index (χ4v) is 4.11. The summed E-state index contributed by atoms with van der Waals surface area (Å²) in [6, 6.07) is 6.87. The number of benzene rings is 2. The van der Waals surface area contributed by atoms with Gasteiger partial charge in [0.1, 0.15) is 5.75 Å². The molecular formula is C25H23F6NO4. The highest BCUT2D eigenvalue weighted by atomic mass is 19.4. The minimum Gasteiger partial charge on any atom is -0.497 e. The standard InChI is InChI=1S/C25H23F6NO4/c1-3-36-23(34)21(14-5-4-6-18(12-14)35-2)15-7-9-17(11-15)32-22(33)19-10-8-16(24(26,27)28)13-20(19)25(29,30)31/h4-10,12-13,15,17,21H,3,11H2,1-2H3,(H,32,33)/t15-,17+,21+/m0/s1. The first-order chi connectivity index (χ1) is 16.8. The summed E-state index contributed by atoms with van der Waals surface area (Å²) in [7, 11) is 1.47. The van der Waals surface area contributed by atoms with E-state index < -0.39 is 58.8 Å². The lowest BCUT2D eigenvalue weighted by atomic mass is 9.85. The molecule has 36 heavy (non-hydrogen) atoms. The maximum absolute atomic E-state index is 13.4. The summed E-state index contributed by atoms with van der Waals surface area (Å²) in [5.41, 5.74) is -3.53. The highest BCUT2D eigenvalue weighted by Gasteiger charge is 2.40. The molecule has 0 saturated heterocycles. The maximum atomic E-state index is 13.4. The second-order valence-electron chi connectivity index (χ2n) is 8.13. The Morgan fingerprint density at radius 1 is 1.03 bits per heavy atom. The number of ether oxygens (including phenoxy) is 2. The Morgan fingerprint density at radius 2 is 1.75 bits per heavy atom. The fraction of sp³-hybridized carbons (Fsp3) is 0.360. The van der Waals surface area contributed by atoms with E-state index in [1.165, 1.54) is 13.2 Å². The number of methoxy groups -OCH3 is 1. The van der Waals surface area contributed by atoms with Crippen LogP contribution in [0.5, 0.6) is 5.75 Å². The van der Waals surface area contributed by atoms with Gasteiger partial charge in [0.25, 0.3) is 5.91 Å². The number of nitrogens with one attached hydrogen (secondary N) is 1. The molecule has 1 aliphatic carbocycles. The first-order valence-electron chi connectivity index (χ1n) is 10.9. The average molecular weight is 515 g/mol.